The molecule has 1 heterocycles. The van der Waals surface area contributed by atoms with Crippen LogP contribution in [0, 0.1) is 5.92 Å². The van der Waals surface area contributed by atoms with Gasteiger partial charge in [-0.2, -0.15) is 9.36 Å². The third kappa shape index (κ3) is 4.22. The lowest BCUT2D eigenvalue weighted by atomic mass is 9.95. The standard InChI is InChI=1S/C19H21ClN4O4/c1-3-23-19(27)24(22-21-23)10-13-9-14(20)7-8-15(13)18(26)16(11-28-4-2)17(25)12-5-6-12/h7-9,11-12H,3-6,10H2,1-2H3. The summed E-state index contributed by atoms with van der Waals surface area (Å²) in [5.41, 5.74) is 0.383. The highest BCUT2D eigenvalue weighted by Gasteiger charge is 2.35. The molecule has 8 nitrogen and oxygen atoms in total. The zero-order valence-corrected chi connectivity index (χ0v) is 16.5. The number of allylic oxidation sites excluding steroid dienone is 1. The summed E-state index contributed by atoms with van der Waals surface area (Å²) in [7, 11) is 0. The molecule has 1 aromatic carbocycles. The summed E-state index contributed by atoms with van der Waals surface area (Å²) in [5, 5.41) is 8.02. The van der Waals surface area contributed by atoms with E-state index in [9.17, 15) is 14.4 Å². The fourth-order valence-corrected chi connectivity index (χ4v) is 2.98. The van der Waals surface area contributed by atoms with Gasteiger partial charge in [-0.05, 0) is 60.9 Å². The minimum atomic E-state index is -0.451. The van der Waals surface area contributed by atoms with E-state index in [1.165, 1.54) is 10.9 Å². The van der Waals surface area contributed by atoms with Crippen molar-refractivity contribution in [3.63, 3.8) is 0 Å². The first kappa shape index (κ1) is 20.0. The predicted molar refractivity (Wildman–Crippen MR) is 102 cm³/mol. The molecule has 0 radical (unpaired) electrons. The van der Waals surface area contributed by atoms with Crippen molar-refractivity contribution in [3.8, 4) is 0 Å². The normalized spacial score (nSPS) is 14.2. The number of benzene rings is 1. The van der Waals surface area contributed by atoms with Crippen LogP contribution in [-0.4, -0.2) is 38.0 Å². The molecule has 0 unspecified atom stereocenters. The number of carbonyl (C=O) groups excluding carboxylic acids is 2. The van der Waals surface area contributed by atoms with Gasteiger partial charge in [0, 0.05) is 23.0 Å². The fourth-order valence-electron chi connectivity index (χ4n) is 2.78. The van der Waals surface area contributed by atoms with E-state index in [-0.39, 0.29) is 35.1 Å². The maximum absolute atomic E-state index is 13.2. The van der Waals surface area contributed by atoms with Gasteiger partial charge in [0.15, 0.2) is 11.6 Å². The van der Waals surface area contributed by atoms with Crippen molar-refractivity contribution in [1.82, 2.24) is 19.8 Å². The van der Waals surface area contributed by atoms with E-state index in [1.54, 1.807) is 32.0 Å². The first-order chi connectivity index (χ1) is 13.5. The lowest BCUT2D eigenvalue weighted by Crippen LogP contribution is -2.26. The highest BCUT2D eigenvalue weighted by Crippen LogP contribution is 2.33. The number of aryl methyl sites for hydroxylation is 1. The Morgan fingerprint density at radius 2 is 1.96 bits per heavy atom. The summed E-state index contributed by atoms with van der Waals surface area (Å²) in [5.74, 6) is -0.792. The van der Waals surface area contributed by atoms with Crippen molar-refractivity contribution in [3.05, 3.63) is 56.7 Å². The van der Waals surface area contributed by atoms with E-state index in [1.807, 2.05) is 0 Å². The summed E-state index contributed by atoms with van der Waals surface area (Å²) < 4.78 is 7.61. The molecule has 2 aromatic rings. The van der Waals surface area contributed by atoms with Crippen molar-refractivity contribution in [2.45, 2.75) is 39.8 Å². The number of halogens is 1. The number of ether oxygens (including phenoxy) is 1. The van der Waals surface area contributed by atoms with Gasteiger partial charge in [0.05, 0.1) is 19.4 Å². The van der Waals surface area contributed by atoms with E-state index in [0.717, 1.165) is 17.5 Å². The van der Waals surface area contributed by atoms with Crippen LogP contribution in [0.5, 0.6) is 0 Å². The number of hydrogen-bond donors (Lipinski definition) is 0. The second-order valence-electron chi connectivity index (χ2n) is 6.49. The molecule has 28 heavy (non-hydrogen) atoms. The van der Waals surface area contributed by atoms with Crippen LogP contribution in [0.3, 0.4) is 0 Å². The second kappa shape index (κ2) is 8.52. The van der Waals surface area contributed by atoms with Crippen LogP contribution in [0.15, 0.2) is 34.8 Å². The summed E-state index contributed by atoms with van der Waals surface area (Å²) in [6.07, 6.45) is 2.79. The molecule has 1 aliphatic rings. The minimum absolute atomic E-state index is 0.0116. The lowest BCUT2D eigenvalue weighted by Gasteiger charge is -2.11. The molecule has 148 valence electrons. The monoisotopic (exact) mass is 404 g/mol. The van der Waals surface area contributed by atoms with Crippen molar-refractivity contribution in [2.24, 2.45) is 5.92 Å². The second-order valence-corrected chi connectivity index (χ2v) is 6.93. The Morgan fingerprint density at radius 3 is 2.57 bits per heavy atom. The third-order valence-electron chi connectivity index (χ3n) is 4.46. The van der Waals surface area contributed by atoms with Gasteiger partial charge in [0.25, 0.3) is 0 Å². The van der Waals surface area contributed by atoms with Crippen LogP contribution in [0.4, 0.5) is 0 Å². The van der Waals surface area contributed by atoms with Crippen LogP contribution in [0.25, 0.3) is 0 Å². The van der Waals surface area contributed by atoms with Gasteiger partial charge < -0.3 is 4.74 Å². The Balaban J connectivity index is 1.98. The predicted octanol–water partition coefficient (Wildman–Crippen LogP) is 2.24. The van der Waals surface area contributed by atoms with E-state index in [2.05, 4.69) is 10.4 Å². The Bertz CT molecular complexity index is 988. The topological polar surface area (TPSA) is 96.1 Å². The average molecular weight is 405 g/mol. The number of rotatable bonds is 9. The third-order valence-corrected chi connectivity index (χ3v) is 4.69. The molecule has 0 atom stereocenters. The van der Waals surface area contributed by atoms with Crippen LogP contribution >= 0.6 is 11.6 Å². The number of aromatic nitrogens is 4. The Hall–Kier alpha value is -2.74. The van der Waals surface area contributed by atoms with E-state index < -0.39 is 5.78 Å². The molecule has 1 aliphatic carbocycles. The van der Waals surface area contributed by atoms with Crippen molar-refractivity contribution in [2.75, 3.05) is 6.61 Å². The van der Waals surface area contributed by atoms with Crippen LogP contribution < -0.4 is 5.69 Å². The first-order valence-corrected chi connectivity index (χ1v) is 9.53. The fraction of sp³-hybridized carbons (Fsp3) is 0.421. The minimum Gasteiger partial charge on any atom is -0.501 e. The van der Waals surface area contributed by atoms with E-state index in [0.29, 0.717) is 23.7 Å². The summed E-state index contributed by atoms with van der Waals surface area (Å²) in [6, 6.07) is 4.71. The number of carbonyl (C=O) groups is 2. The van der Waals surface area contributed by atoms with Crippen molar-refractivity contribution < 1.29 is 14.3 Å². The van der Waals surface area contributed by atoms with Gasteiger partial charge in [-0.15, -0.1) is 0 Å². The molecule has 0 bridgehead atoms. The lowest BCUT2D eigenvalue weighted by molar-refractivity contribution is -0.116. The molecule has 0 aliphatic heterocycles. The highest BCUT2D eigenvalue weighted by molar-refractivity contribution is 6.31. The number of ketones is 2. The van der Waals surface area contributed by atoms with Gasteiger partial charge >= 0.3 is 5.69 Å². The quantitative estimate of drug-likeness (QED) is 0.209. The van der Waals surface area contributed by atoms with Crippen LogP contribution in [-0.2, 0) is 22.6 Å². The molecule has 9 heteroatoms. The molecular weight excluding hydrogens is 384 g/mol. The smallest absolute Gasteiger partial charge is 0.363 e. The zero-order valence-electron chi connectivity index (χ0n) is 15.7. The number of Topliss-reactive ketones (excluding diaryl/α,β-unsaturated/α-hetero) is 2. The van der Waals surface area contributed by atoms with E-state index in [4.69, 9.17) is 16.3 Å². The highest BCUT2D eigenvalue weighted by atomic mass is 35.5. The number of hydrogen-bond acceptors (Lipinski definition) is 6. The van der Waals surface area contributed by atoms with Gasteiger partial charge in [-0.1, -0.05) is 11.6 Å². The van der Waals surface area contributed by atoms with Crippen LogP contribution in [0.2, 0.25) is 5.02 Å². The number of nitrogens with zero attached hydrogens (tertiary/aromatic N) is 4. The van der Waals surface area contributed by atoms with Crippen molar-refractivity contribution >= 4 is 23.2 Å². The Morgan fingerprint density at radius 1 is 1.25 bits per heavy atom. The molecule has 0 spiro atoms. The molecule has 0 amide bonds. The molecule has 0 saturated heterocycles. The van der Waals surface area contributed by atoms with Gasteiger partial charge in [-0.3, -0.25) is 9.59 Å². The summed E-state index contributed by atoms with van der Waals surface area (Å²) >= 11 is 6.10. The molecule has 1 fully saturated rings. The van der Waals surface area contributed by atoms with Gasteiger partial charge in [0.1, 0.15) is 5.57 Å². The van der Waals surface area contributed by atoms with Crippen LogP contribution in [0.1, 0.15) is 42.6 Å². The maximum atomic E-state index is 13.2. The first-order valence-electron chi connectivity index (χ1n) is 9.16. The Labute approximate surface area is 166 Å². The van der Waals surface area contributed by atoms with E-state index >= 15 is 0 Å². The molecular formula is C19H21ClN4O4. The molecule has 1 aromatic heterocycles. The largest absolute Gasteiger partial charge is 0.501 e. The maximum Gasteiger partial charge on any atom is 0.363 e. The van der Waals surface area contributed by atoms with Gasteiger partial charge in [0.2, 0.25) is 0 Å². The molecule has 3 rings (SSSR count). The SMILES string of the molecule is CCOC=C(C(=O)c1ccc(Cl)cc1Cn1nnn(CC)c1=O)C(=O)C1CC1. The zero-order chi connectivity index (χ0) is 20.3. The molecule has 1 saturated carbocycles. The number of tetrazole rings is 1. The molecule has 0 N–H and O–H groups in total. The summed E-state index contributed by atoms with van der Waals surface area (Å²) in [6.45, 7) is 4.30. The van der Waals surface area contributed by atoms with Gasteiger partial charge in [-0.25, -0.2) is 4.79 Å². The summed E-state index contributed by atoms with van der Waals surface area (Å²) in [4.78, 5) is 38.0. The Kier molecular flexibility index (Phi) is 6.08. The average Bonchev–Trinajstić information content (AvgIpc) is 3.47. The van der Waals surface area contributed by atoms with Crippen molar-refractivity contribution in [1.29, 1.82) is 0 Å².